The number of furan rings is 1. The highest BCUT2D eigenvalue weighted by Crippen LogP contribution is 2.23. The summed E-state index contributed by atoms with van der Waals surface area (Å²) < 4.78 is 5.75. The second-order valence-electron chi connectivity index (χ2n) is 6.03. The Balaban J connectivity index is 1.53. The number of carbonyl (C=O) groups excluding carboxylic acids is 2. The average Bonchev–Trinajstić information content (AvgIpc) is 3.20. The summed E-state index contributed by atoms with van der Waals surface area (Å²) in [6.45, 7) is 0.284. The lowest BCUT2D eigenvalue weighted by atomic mass is 10.1. The van der Waals surface area contributed by atoms with Crippen LogP contribution in [0.1, 0.15) is 21.7 Å². The summed E-state index contributed by atoms with van der Waals surface area (Å²) in [7, 11) is 1.58. The Morgan fingerprint density at radius 2 is 1.71 bits per heavy atom. The smallest absolute Gasteiger partial charge is 0.251 e. The van der Waals surface area contributed by atoms with Crippen LogP contribution in [0, 0.1) is 0 Å². The van der Waals surface area contributed by atoms with Gasteiger partial charge in [0.1, 0.15) is 11.5 Å². The Morgan fingerprint density at radius 1 is 1.00 bits per heavy atom. The minimum absolute atomic E-state index is 0.148. The summed E-state index contributed by atoms with van der Waals surface area (Å²) in [5.41, 5.74) is 2.31. The average molecular weight is 395 g/mol. The van der Waals surface area contributed by atoms with Gasteiger partial charge in [-0.1, -0.05) is 23.7 Å². The molecule has 3 aromatic rings. The van der Waals surface area contributed by atoms with Gasteiger partial charge in [0.05, 0.1) is 6.54 Å². The summed E-state index contributed by atoms with van der Waals surface area (Å²) in [5.74, 6) is 0.985. The Kier molecular flexibility index (Phi) is 6.29. The number of rotatable bonds is 6. The highest BCUT2D eigenvalue weighted by molar-refractivity contribution is 6.30. The van der Waals surface area contributed by atoms with Crippen molar-refractivity contribution in [2.24, 2.45) is 0 Å². The van der Waals surface area contributed by atoms with Gasteiger partial charge in [-0.2, -0.15) is 0 Å². The maximum Gasteiger partial charge on any atom is 0.251 e. The van der Waals surface area contributed by atoms with E-state index in [0.717, 1.165) is 11.1 Å². The van der Waals surface area contributed by atoms with E-state index in [2.05, 4.69) is 10.6 Å². The fourth-order valence-corrected chi connectivity index (χ4v) is 2.66. The van der Waals surface area contributed by atoms with Crippen LogP contribution in [0.5, 0.6) is 0 Å². The van der Waals surface area contributed by atoms with Crippen LogP contribution in [0.4, 0.5) is 0 Å². The van der Waals surface area contributed by atoms with Crippen LogP contribution in [0.2, 0.25) is 5.02 Å². The minimum Gasteiger partial charge on any atom is -0.459 e. The van der Waals surface area contributed by atoms with Crippen LogP contribution in [0.3, 0.4) is 0 Å². The number of nitrogens with one attached hydrogen (secondary N) is 2. The molecule has 2 amide bonds. The molecule has 1 aromatic heterocycles. The van der Waals surface area contributed by atoms with Crippen LogP contribution >= 0.6 is 11.6 Å². The molecule has 0 atom stereocenters. The van der Waals surface area contributed by atoms with E-state index in [0.29, 0.717) is 22.1 Å². The highest BCUT2D eigenvalue weighted by Gasteiger charge is 2.06. The molecular formula is C22H19ClN2O3. The van der Waals surface area contributed by atoms with Gasteiger partial charge in [0.15, 0.2) is 0 Å². The number of amides is 2. The molecule has 0 unspecified atom stereocenters. The second-order valence-corrected chi connectivity index (χ2v) is 6.46. The predicted octanol–water partition coefficient (Wildman–Crippen LogP) is 4.29. The third-order valence-corrected chi connectivity index (χ3v) is 4.31. The van der Waals surface area contributed by atoms with Gasteiger partial charge in [-0.3, -0.25) is 9.59 Å². The topological polar surface area (TPSA) is 71.3 Å². The molecule has 0 saturated carbocycles. The van der Waals surface area contributed by atoms with Gasteiger partial charge in [-0.05, 0) is 60.2 Å². The first-order valence-electron chi connectivity index (χ1n) is 8.68. The molecule has 2 N–H and O–H groups in total. The molecule has 142 valence electrons. The van der Waals surface area contributed by atoms with Crippen molar-refractivity contribution in [1.29, 1.82) is 0 Å². The summed E-state index contributed by atoms with van der Waals surface area (Å²) in [6.07, 6.45) is 3.13. The molecule has 0 fully saturated rings. The van der Waals surface area contributed by atoms with Crippen LogP contribution < -0.4 is 10.6 Å². The third kappa shape index (κ3) is 5.11. The van der Waals surface area contributed by atoms with Crippen LogP contribution in [0.15, 0.2) is 71.2 Å². The molecule has 1 heterocycles. The van der Waals surface area contributed by atoms with Crippen molar-refractivity contribution < 1.29 is 14.0 Å². The van der Waals surface area contributed by atoms with E-state index in [9.17, 15) is 9.59 Å². The standard InChI is InChI=1S/C22H19ClN2O3/c1-24-22(27)17-5-2-15(3-6-17)4-13-21(26)25-14-19-11-12-20(28-19)16-7-9-18(23)10-8-16/h2-13H,14H2,1H3,(H,24,27)(H,25,26)/b13-4+. The van der Waals surface area contributed by atoms with Gasteiger partial charge in [0.25, 0.3) is 5.91 Å². The normalized spacial score (nSPS) is 10.8. The first-order chi connectivity index (χ1) is 13.5. The molecule has 0 aliphatic rings. The fraction of sp³-hybridized carbons (Fsp3) is 0.0909. The van der Waals surface area contributed by atoms with Crippen molar-refractivity contribution in [3.05, 3.63) is 88.6 Å². The largest absolute Gasteiger partial charge is 0.459 e. The van der Waals surface area contributed by atoms with E-state index in [1.807, 2.05) is 24.3 Å². The SMILES string of the molecule is CNC(=O)c1ccc(/C=C/C(=O)NCc2ccc(-c3ccc(Cl)cc3)o2)cc1. The third-order valence-electron chi connectivity index (χ3n) is 4.05. The van der Waals surface area contributed by atoms with Crippen molar-refractivity contribution >= 4 is 29.5 Å². The molecule has 0 aliphatic carbocycles. The molecule has 0 spiro atoms. The molecule has 6 heteroatoms. The molecule has 28 heavy (non-hydrogen) atoms. The van der Waals surface area contributed by atoms with E-state index in [1.54, 1.807) is 49.5 Å². The van der Waals surface area contributed by atoms with E-state index in [4.69, 9.17) is 16.0 Å². The van der Waals surface area contributed by atoms with E-state index >= 15 is 0 Å². The van der Waals surface area contributed by atoms with Crippen LogP contribution in [-0.2, 0) is 11.3 Å². The molecule has 2 aromatic carbocycles. The summed E-state index contributed by atoms with van der Waals surface area (Å²) >= 11 is 5.89. The summed E-state index contributed by atoms with van der Waals surface area (Å²) in [4.78, 5) is 23.5. The monoisotopic (exact) mass is 394 g/mol. The van der Waals surface area contributed by atoms with Crippen molar-refractivity contribution in [2.75, 3.05) is 7.05 Å². The quantitative estimate of drug-likeness (QED) is 0.612. The number of hydrogen-bond donors (Lipinski definition) is 2. The summed E-state index contributed by atoms with van der Waals surface area (Å²) in [5, 5.41) is 6.00. The zero-order chi connectivity index (χ0) is 19.9. The molecule has 3 rings (SSSR count). The predicted molar refractivity (Wildman–Crippen MR) is 110 cm³/mol. The Hall–Kier alpha value is -3.31. The molecule has 0 radical (unpaired) electrons. The first-order valence-corrected chi connectivity index (χ1v) is 9.05. The lowest BCUT2D eigenvalue weighted by Crippen LogP contribution is -2.19. The van der Waals surface area contributed by atoms with Crippen molar-refractivity contribution in [3.8, 4) is 11.3 Å². The Bertz CT molecular complexity index is 989. The number of benzene rings is 2. The van der Waals surface area contributed by atoms with Crippen molar-refractivity contribution in [1.82, 2.24) is 10.6 Å². The first kappa shape index (κ1) is 19.5. The second kappa shape index (κ2) is 9.06. The van der Waals surface area contributed by atoms with Gasteiger partial charge in [-0.25, -0.2) is 0 Å². The fourth-order valence-electron chi connectivity index (χ4n) is 2.54. The van der Waals surface area contributed by atoms with Crippen molar-refractivity contribution in [3.63, 3.8) is 0 Å². The van der Waals surface area contributed by atoms with E-state index < -0.39 is 0 Å². The minimum atomic E-state index is -0.236. The van der Waals surface area contributed by atoms with Gasteiger partial charge < -0.3 is 15.1 Å². The molecule has 5 nitrogen and oxygen atoms in total. The Labute approximate surface area is 168 Å². The van der Waals surface area contributed by atoms with Gasteiger partial charge in [0, 0.05) is 29.3 Å². The Morgan fingerprint density at radius 3 is 2.39 bits per heavy atom. The lowest BCUT2D eigenvalue weighted by Gasteiger charge is -2.01. The molecule has 0 aliphatic heterocycles. The number of carbonyl (C=O) groups is 2. The molecular weight excluding hydrogens is 376 g/mol. The maximum absolute atomic E-state index is 12.0. The molecule has 0 bridgehead atoms. The van der Waals surface area contributed by atoms with E-state index in [-0.39, 0.29) is 18.4 Å². The van der Waals surface area contributed by atoms with Gasteiger partial charge in [0.2, 0.25) is 5.91 Å². The zero-order valence-corrected chi connectivity index (χ0v) is 16.0. The molecule has 0 saturated heterocycles. The number of hydrogen-bond acceptors (Lipinski definition) is 3. The number of halogens is 1. The zero-order valence-electron chi connectivity index (χ0n) is 15.2. The van der Waals surface area contributed by atoms with Gasteiger partial charge in [-0.15, -0.1) is 0 Å². The summed E-state index contributed by atoms with van der Waals surface area (Å²) in [6, 6.07) is 18.0. The van der Waals surface area contributed by atoms with Crippen LogP contribution in [-0.4, -0.2) is 18.9 Å². The highest BCUT2D eigenvalue weighted by atomic mass is 35.5. The van der Waals surface area contributed by atoms with Crippen LogP contribution in [0.25, 0.3) is 17.4 Å². The van der Waals surface area contributed by atoms with Gasteiger partial charge >= 0.3 is 0 Å². The maximum atomic E-state index is 12.0. The van der Waals surface area contributed by atoms with E-state index in [1.165, 1.54) is 6.08 Å². The van der Waals surface area contributed by atoms with Crippen molar-refractivity contribution in [2.45, 2.75) is 6.54 Å². The lowest BCUT2D eigenvalue weighted by molar-refractivity contribution is -0.116.